The van der Waals surface area contributed by atoms with Crippen LogP contribution < -0.4 is 5.73 Å². The molecule has 0 aliphatic carbocycles. The van der Waals surface area contributed by atoms with Crippen LogP contribution in [0.5, 0.6) is 0 Å². The number of rotatable bonds is 4. The fourth-order valence-corrected chi connectivity index (χ4v) is 3.31. The van der Waals surface area contributed by atoms with Crippen molar-refractivity contribution in [2.75, 3.05) is 26.7 Å². The van der Waals surface area contributed by atoms with Gasteiger partial charge in [0.25, 0.3) is 0 Å². The number of piperidine rings is 1. The van der Waals surface area contributed by atoms with E-state index >= 15 is 0 Å². The zero-order valence-electron chi connectivity index (χ0n) is 12.5. The molecule has 0 bridgehead atoms. The number of fused-ring (bicyclic) bond motifs is 1. The second-order valence-electron chi connectivity index (χ2n) is 5.67. The van der Waals surface area contributed by atoms with Crippen LogP contribution in [0, 0.1) is 0 Å². The van der Waals surface area contributed by atoms with E-state index in [0.717, 1.165) is 31.4 Å². The number of aromatic nitrogens is 1. The van der Waals surface area contributed by atoms with Crippen molar-refractivity contribution in [3.05, 3.63) is 42.1 Å². The fraction of sp³-hybridized carbons (Fsp3) is 0.471. The van der Waals surface area contributed by atoms with Gasteiger partial charge < -0.3 is 10.5 Å². The Morgan fingerprint density at radius 1 is 1.38 bits per heavy atom. The number of nitrogens with zero attached hydrogens (tertiary/aromatic N) is 2. The van der Waals surface area contributed by atoms with Crippen LogP contribution in [0.2, 0.25) is 0 Å². The largest absolute Gasteiger partial charge is 0.380 e. The van der Waals surface area contributed by atoms with Gasteiger partial charge in [-0.1, -0.05) is 24.3 Å². The van der Waals surface area contributed by atoms with Gasteiger partial charge in [-0.15, -0.1) is 0 Å². The SMILES string of the molecule is COC1CCCN(C(CN)c2cccc3cccnc23)C1. The summed E-state index contributed by atoms with van der Waals surface area (Å²) >= 11 is 0. The maximum atomic E-state index is 6.10. The number of hydrogen-bond donors (Lipinski definition) is 1. The summed E-state index contributed by atoms with van der Waals surface area (Å²) in [5, 5.41) is 1.17. The summed E-state index contributed by atoms with van der Waals surface area (Å²) in [6, 6.07) is 10.6. The maximum absolute atomic E-state index is 6.10. The smallest absolute Gasteiger partial charge is 0.0750 e. The van der Waals surface area contributed by atoms with E-state index in [9.17, 15) is 0 Å². The Morgan fingerprint density at radius 2 is 2.24 bits per heavy atom. The van der Waals surface area contributed by atoms with Gasteiger partial charge in [0.2, 0.25) is 0 Å². The third kappa shape index (κ3) is 2.93. The number of hydrogen-bond acceptors (Lipinski definition) is 4. The fourth-order valence-electron chi connectivity index (χ4n) is 3.31. The molecule has 21 heavy (non-hydrogen) atoms. The number of para-hydroxylation sites is 1. The van der Waals surface area contributed by atoms with E-state index in [1.165, 1.54) is 10.9 Å². The van der Waals surface area contributed by atoms with Gasteiger partial charge in [0.1, 0.15) is 0 Å². The van der Waals surface area contributed by atoms with Gasteiger partial charge in [-0.2, -0.15) is 0 Å². The van der Waals surface area contributed by atoms with E-state index in [1.807, 2.05) is 12.3 Å². The Bertz CT molecular complexity index is 596. The van der Waals surface area contributed by atoms with Crippen molar-refractivity contribution < 1.29 is 4.74 Å². The molecule has 1 aliphatic heterocycles. The number of benzene rings is 1. The number of methoxy groups -OCH3 is 1. The number of pyridine rings is 1. The topological polar surface area (TPSA) is 51.4 Å². The van der Waals surface area contributed by atoms with E-state index in [-0.39, 0.29) is 6.04 Å². The molecule has 4 heteroatoms. The van der Waals surface area contributed by atoms with Crippen LogP contribution in [0.3, 0.4) is 0 Å². The molecular weight excluding hydrogens is 262 g/mol. The Hall–Kier alpha value is -1.49. The average molecular weight is 285 g/mol. The monoisotopic (exact) mass is 285 g/mol. The summed E-state index contributed by atoms with van der Waals surface area (Å²) in [5.74, 6) is 0. The van der Waals surface area contributed by atoms with Gasteiger partial charge in [0.15, 0.2) is 0 Å². The molecule has 2 N–H and O–H groups in total. The molecule has 1 aromatic heterocycles. The van der Waals surface area contributed by atoms with Crippen molar-refractivity contribution >= 4 is 10.9 Å². The lowest BCUT2D eigenvalue weighted by Gasteiger charge is -2.37. The van der Waals surface area contributed by atoms with Crippen LogP contribution in [-0.2, 0) is 4.74 Å². The van der Waals surface area contributed by atoms with Crippen LogP contribution in [-0.4, -0.2) is 42.7 Å². The zero-order chi connectivity index (χ0) is 14.7. The minimum absolute atomic E-state index is 0.210. The van der Waals surface area contributed by atoms with Gasteiger partial charge >= 0.3 is 0 Å². The second-order valence-corrected chi connectivity index (χ2v) is 5.67. The van der Waals surface area contributed by atoms with Crippen LogP contribution in [0.25, 0.3) is 10.9 Å². The molecule has 112 valence electrons. The van der Waals surface area contributed by atoms with Crippen LogP contribution in [0.1, 0.15) is 24.4 Å². The lowest BCUT2D eigenvalue weighted by Crippen LogP contribution is -2.43. The summed E-state index contributed by atoms with van der Waals surface area (Å²) in [4.78, 5) is 7.02. The van der Waals surface area contributed by atoms with Gasteiger partial charge in [-0.3, -0.25) is 9.88 Å². The Kier molecular flexibility index (Phi) is 4.48. The molecular formula is C17H23N3O. The normalized spacial score (nSPS) is 21.5. The average Bonchev–Trinajstić information content (AvgIpc) is 2.56. The van der Waals surface area contributed by atoms with E-state index < -0.39 is 0 Å². The van der Waals surface area contributed by atoms with Crippen molar-refractivity contribution in [1.29, 1.82) is 0 Å². The van der Waals surface area contributed by atoms with Gasteiger partial charge in [0.05, 0.1) is 11.6 Å². The highest BCUT2D eigenvalue weighted by molar-refractivity contribution is 5.82. The zero-order valence-corrected chi connectivity index (χ0v) is 12.5. The van der Waals surface area contributed by atoms with Crippen molar-refractivity contribution in [1.82, 2.24) is 9.88 Å². The standard InChI is InChI=1S/C17H23N3O/c1-21-14-7-4-10-20(12-14)16(11-18)15-8-2-5-13-6-3-9-19-17(13)15/h2-3,5-6,8-9,14,16H,4,7,10-12,18H2,1H3. The summed E-state index contributed by atoms with van der Waals surface area (Å²) < 4.78 is 5.54. The first-order valence-corrected chi connectivity index (χ1v) is 7.64. The highest BCUT2D eigenvalue weighted by Gasteiger charge is 2.27. The Balaban J connectivity index is 1.94. The van der Waals surface area contributed by atoms with Gasteiger partial charge in [-0.25, -0.2) is 0 Å². The molecule has 1 aromatic carbocycles. The summed E-state index contributed by atoms with van der Waals surface area (Å²) in [6.45, 7) is 2.62. The molecule has 1 aliphatic rings. The van der Waals surface area contributed by atoms with E-state index in [1.54, 1.807) is 7.11 Å². The quantitative estimate of drug-likeness (QED) is 0.937. The van der Waals surface area contributed by atoms with Gasteiger partial charge in [0, 0.05) is 37.8 Å². The molecule has 1 saturated heterocycles. The number of likely N-dealkylation sites (tertiary alicyclic amines) is 1. The molecule has 2 aromatic rings. The van der Waals surface area contributed by atoms with Crippen molar-refractivity contribution in [3.8, 4) is 0 Å². The molecule has 2 heterocycles. The minimum atomic E-state index is 0.210. The molecule has 1 fully saturated rings. The molecule has 0 saturated carbocycles. The third-order valence-electron chi connectivity index (χ3n) is 4.43. The van der Waals surface area contributed by atoms with E-state index in [4.69, 9.17) is 10.5 Å². The molecule has 4 nitrogen and oxygen atoms in total. The van der Waals surface area contributed by atoms with E-state index in [2.05, 4.69) is 34.1 Å². The molecule has 2 unspecified atom stereocenters. The summed E-state index contributed by atoms with van der Waals surface area (Å²) in [7, 11) is 1.80. The first kappa shape index (κ1) is 14.4. The van der Waals surface area contributed by atoms with Crippen LogP contribution in [0.15, 0.2) is 36.5 Å². The van der Waals surface area contributed by atoms with Crippen molar-refractivity contribution in [2.24, 2.45) is 5.73 Å². The Morgan fingerprint density at radius 3 is 3.05 bits per heavy atom. The minimum Gasteiger partial charge on any atom is -0.380 e. The first-order chi connectivity index (χ1) is 10.3. The third-order valence-corrected chi connectivity index (χ3v) is 4.43. The molecule has 0 amide bonds. The highest BCUT2D eigenvalue weighted by Crippen LogP contribution is 2.29. The predicted octanol–water partition coefficient (Wildman–Crippen LogP) is 2.35. The predicted molar refractivity (Wildman–Crippen MR) is 85.1 cm³/mol. The highest BCUT2D eigenvalue weighted by atomic mass is 16.5. The second kappa shape index (κ2) is 6.52. The lowest BCUT2D eigenvalue weighted by atomic mass is 9.98. The van der Waals surface area contributed by atoms with Crippen molar-refractivity contribution in [2.45, 2.75) is 25.0 Å². The first-order valence-electron chi connectivity index (χ1n) is 7.64. The summed E-state index contributed by atoms with van der Waals surface area (Å²) in [5.41, 5.74) is 8.40. The van der Waals surface area contributed by atoms with Crippen LogP contribution in [0.4, 0.5) is 0 Å². The van der Waals surface area contributed by atoms with Crippen LogP contribution >= 0.6 is 0 Å². The molecule has 0 spiro atoms. The lowest BCUT2D eigenvalue weighted by molar-refractivity contribution is 0.0157. The summed E-state index contributed by atoms with van der Waals surface area (Å²) in [6.07, 6.45) is 4.47. The number of ether oxygens (including phenoxy) is 1. The molecule has 2 atom stereocenters. The molecule has 0 radical (unpaired) electrons. The van der Waals surface area contributed by atoms with Crippen molar-refractivity contribution in [3.63, 3.8) is 0 Å². The van der Waals surface area contributed by atoms with Gasteiger partial charge in [-0.05, 0) is 31.0 Å². The maximum Gasteiger partial charge on any atom is 0.0750 e. The number of nitrogens with two attached hydrogens (primary N) is 1. The molecule has 3 rings (SSSR count). The Labute approximate surface area is 125 Å². The van der Waals surface area contributed by atoms with E-state index in [0.29, 0.717) is 12.6 Å².